The maximum atomic E-state index is 5.31. The van der Waals surface area contributed by atoms with Crippen LogP contribution in [0.5, 0.6) is 11.5 Å². The first-order valence-electron chi connectivity index (χ1n) is 5.86. The normalized spacial score (nSPS) is 11.3. The molecule has 0 bridgehead atoms. The summed E-state index contributed by atoms with van der Waals surface area (Å²) in [7, 11) is 3.28. The van der Waals surface area contributed by atoms with Crippen LogP contribution in [0.2, 0.25) is 0 Å². The van der Waals surface area contributed by atoms with Crippen molar-refractivity contribution in [3.8, 4) is 11.5 Å². The first-order valence-corrected chi connectivity index (χ1v) is 5.86. The molecule has 102 valence electrons. The standard InChI is InChI=1S/C15H17NO2.ClH/c1-17-13-9-8-12(10-14(13)18-2)15(16)11-6-4-3-5-7-11;/h3-10,15H,16H2,1-2H3;1H. The van der Waals surface area contributed by atoms with E-state index in [-0.39, 0.29) is 18.4 Å². The summed E-state index contributed by atoms with van der Waals surface area (Å²) in [6, 6.07) is 16.2. The van der Waals surface area contributed by atoms with Crippen molar-refractivity contribution in [2.75, 3.05) is 14.2 Å². The van der Waals surface area contributed by atoms with Crippen LogP contribution in [0.15, 0.2) is 48.5 Å². The van der Waals surface area contributed by atoms with Crippen molar-refractivity contribution in [1.82, 2.24) is 0 Å². The van der Waals surface area contributed by atoms with E-state index in [4.69, 9.17) is 9.47 Å². The zero-order valence-corrected chi connectivity index (χ0v) is 11.9. The molecule has 3 N–H and O–H groups in total. The number of ether oxygens (including phenoxy) is 2. The van der Waals surface area contributed by atoms with Crippen molar-refractivity contribution < 1.29 is 27.6 Å². The Kier molecular flexibility index (Phi) is 5.67. The van der Waals surface area contributed by atoms with Crippen LogP contribution in [-0.4, -0.2) is 14.2 Å². The van der Waals surface area contributed by atoms with Crippen molar-refractivity contribution in [3.05, 3.63) is 59.7 Å². The molecular weight excluding hydrogens is 262 g/mol. The summed E-state index contributed by atoms with van der Waals surface area (Å²) >= 11 is 0. The summed E-state index contributed by atoms with van der Waals surface area (Å²) in [5.41, 5.74) is 6.51. The first kappa shape index (κ1) is 15.3. The fourth-order valence-corrected chi connectivity index (χ4v) is 1.95. The molecule has 3 nitrogen and oxygen atoms in total. The van der Waals surface area contributed by atoms with Gasteiger partial charge in [0, 0.05) is 11.1 Å². The van der Waals surface area contributed by atoms with Gasteiger partial charge in [0.1, 0.15) is 6.04 Å². The molecule has 1 atom stereocenters. The van der Waals surface area contributed by atoms with E-state index in [2.05, 4.69) is 17.9 Å². The van der Waals surface area contributed by atoms with Gasteiger partial charge in [-0.3, -0.25) is 0 Å². The van der Waals surface area contributed by atoms with Crippen LogP contribution in [0.1, 0.15) is 17.2 Å². The minimum absolute atomic E-state index is 0. The zero-order valence-electron chi connectivity index (χ0n) is 11.1. The Morgan fingerprint density at radius 3 is 2.05 bits per heavy atom. The number of hydrogen-bond donors (Lipinski definition) is 1. The summed E-state index contributed by atoms with van der Waals surface area (Å²) < 4.78 is 10.5. The first-order chi connectivity index (χ1) is 8.76. The number of hydrogen-bond acceptors (Lipinski definition) is 2. The molecule has 0 aromatic heterocycles. The van der Waals surface area contributed by atoms with Crippen molar-refractivity contribution in [2.24, 2.45) is 0 Å². The van der Waals surface area contributed by atoms with Gasteiger partial charge in [0.15, 0.2) is 11.5 Å². The molecule has 0 aliphatic heterocycles. The van der Waals surface area contributed by atoms with Crippen LogP contribution in [0.25, 0.3) is 0 Å². The second-order valence-electron chi connectivity index (χ2n) is 4.08. The summed E-state index contributed by atoms with van der Waals surface area (Å²) in [6.45, 7) is 0. The van der Waals surface area contributed by atoms with E-state index in [0.717, 1.165) is 17.1 Å². The average Bonchev–Trinajstić information content (AvgIpc) is 2.46. The van der Waals surface area contributed by atoms with Gasteiger partial charge in [-0.2, -0.15) is 0 Å². The average molecular weight is 280 g/mol. The van der Waals surface area contributed by atoms with E-state index in [9.17, 15) is 0 Å². The smallest absolute Gasteiger partial charge is 0.161 e. The molecule has 2 aromatic rings. The Morgan fingerprint density at radius 1 is 0.842 bits per heavy atom. The largest absolute Gasteiger partial charge is 1.00 e. The number of benzene rings is 2. The van der Waals surface area contributed by atoms with E-state index in [1.807, 2.05) is 36.4 Å². The summed E-state index contributed by atoms with van der Waals surface area (Å²) in [6.07, 6.45) is 0. The molecule has 19 heavy (non-hydrogen) atoms. The molecule has 0 aliphatic rings. The molecule has 0 aliphatic carbocycles. The van der Waals surface area contributed by atoms with E-state index >= 15 is 0 Å². The van der Waals surface area contributed by atoms with Crippen LogP contribution in [-0.2, 0) is 0 Å². The number of methoxy groups -OCH3 is 2. The number of rotatable bonds is 4. The lowest BCUT2D eigenvalue weighted by Gasteiger charge is -2.13. The summed E-state index contributed by atoms with van der Waals surface area (Å²) in [4.78, 5) is 0. The molecule has 0 fully saturated rings. The van der Waals surface area contributed by atoms with E-state index in [1.54, 1.807) is 14.2 Å². The minimum Gasteiger partial charge on any atom is -1.00 e. The fraction of sp³-hybridized carbons (Fsp3) is 0.200. The Morgan fingerprint density at radius 2 is 1.47 bits per heavy atom. The monoisotopic (exact) mass is 279 g/mol. The lowest BCUT2D eigenvalue weighted by atomic mass is 9.99. The summed E-state index contributed by atoms with van der Waals surface area (Å²) in [5.74, 6) is 1.47. The molecule has 1 unspecified atom stereocenters. The Hall–Kier alpha value is -1.71. The quantitative estimate of drug-likeness (QED) is 0.784. The second-order valence-corrected chi connectivity index (χ2v) is 4.08. The van der Waals surface area contributed by atoms with Crippen molar-refractivity contribution in [1.29, 1.82) is 0 Å². The van der Waals surface area contributed by atoms with Gasteiger partial charge in [-0.1, -0.05) is 30.3 Å². The Bertz CT molecular complexity index is 517. The van der Waals surface area contributed by atoms with Gasteiger partial charge in [-0.05, 0) is 18.2 Å². The van der Waals surface area contributed by atoms with Gasteiger partial charge in [-0.25, -0.2) is 0 Å². The molecule has 0 radical (unpaired) electrons. The minimum atomic E-state index is 0. The fourth-order valence-electron chi connectivity index (χ4n) is 1.95. The number of halogens is 1. The molecule has 0 saturated heterocycles. The van der Waals surface area contributed by atoms with Gasteiger partial charge in [0.05, 0.1) is 14.2 Å². The maximum Gasteiger partial charge on any atom is 0.161 e. The van der Waals surface area contributed by atoms with Crippen molar-refractivity contribution in [2.45, 2.75) is 6.04 Å². The molecule has 0 spiro atoms. The highest BCUT2D eigenvalue weighted by atomic mass is 35.5. The number of quaternary nitrogens is 1. The van der Waals surface area contributed by atoms with Gasteiger partial charge < -0.3 is 27.6 Å². The van der Waals surface area contributed by atoms with Crippen molar-refractivity contribution in [3.63, 3.8) is 0 Å². The molecule has 0 amide bonds. The predicted octanol–water partition coefficient (Wildman–Crippen LogP) is -0.961. The molecule has 4 heteroatoms. The third-order valence-corrected chi connectivity index (χ3v) is 3.01. The predicted molar refractivity (Wildman–Crippen MR) is 70.7 cm³/mol. The molecular formula is C15H18ClNO2. The third-order valence-electron chi connectivity index (χ3n) is 3.01. The van der Waals surface area contributed by atoms with Gasteiger partial charge in [0.2, 0.25) is 0 Å². The van der Waals surface area contributed by atoms with Gasteiger partial charge in [0.25, 0.3) is 0 Å². The topological polar surface area (TPSA) is 46.1 Å². The molecule has 0 saturated carbocycles. The van der Waals surface area contributed by atoms with E-state index < -0.39 is 0 Å². The van der Waals surface area contributed by atoms with Gasteiger partial charge >= 0.3 is 0 Å². The molecule has 2 rings (SSSR count). The molecule has 0 heterocycles. The van der Waals surface area contributed by atoms with Crippen LogP contribution < -0.4 is 27.6 Å². The second kappa shape index (κ2) is 7.02. The highest BCUT2D eigenvalue weighted by Crippen LogP contribution is 2.30. The van der Waals surface area contributed by atoms with E-state index in [1.165, 1.54) is 5.56 Å². The van der Waals surface area contributed by atoms with Crippen molar-refractivity contribution >= 4 is 0 Å². The third kappa shape index (κ3) is 3.40. The Balaban J connectivity index is 0.00000180. The SMILES string of the molecule is COc1ccc(C([NH3+])c2ccccc2)cc1OC.[Cl-]. The van der Waals surface area contributed by atoms with E-state index in [0.29, 0.717) is 0 Å². The zero-order chi connectivity index (χ0) is 13.0. The van der Waals surface area contributed by atoms with Crippen LogP contribution in [0, 0.1) is 0 Å². The Labute approximate surface area is 119 Å². The maximum absolute atomic E-state index is 5.31. The van der Waals surface area contributed by atoms with Gasteiger partial charge in [-0.15, -0.1) is 0 Å². The van der Waals surface area contributed by atoms with Crippen LogP contribution in [0.3, 0.4) is 0 Å². The van der Waals surface area contributed by atoms with Crippen LogP contribution >= 0.6 is 0 Å². The lowest BCUT2D eigenvalue weighted by Crippen LogP contribution is -3.00. The van der Waals surface area contributed by atoms with Crippen LogP contribution in [0.4, 0.5) is 0 Å². The highest BCUT2D eigenvalue weighted by molar-refractivity contribution is 5.45. The molecule has 2 aromatic carbocycles. The summed E-state index contributed by atoms with van der Waals surface area (Å²) in [5, 5.41) is 0. The lowest BCUT2D eigenvalue weighted by molar-refractivity contribution is -0.411. The highest BCUT2D eigenvalue weighted by Gasteiger charge is 2.14.